The highest BCUT2D eigenvalue weighted by molar-refractivity contribution is 7.92. The van der Waals surface area contributed by atoms with Crippen molar-refractivity contribution in [2.75, 3.05) is 17.4 Å². The molecule has 0 heterocycles. The molecule has 0 aliphatic rings. The molecule has 9 heteroatoms. The molecule has 208 valence electrons. The monoisotopic (exact) mass is 569 g/mol. The number of aryl methyl sites for hydroxylation is 1. The standard InChI is InChI=1S/C30H36ClN3O4S/c1-5-25-11-9-10-14-28(25)34(39(37,38)27-12-7-6-8-13-27)21-29(35)33(20-24-15-17-26(31)18-16-24)23(4)30(36)32-19-22(2)3/h6-18,22-23H,5,19-21H2,1-4H3,(H,32,36)/t23-/m0/s1. The van der Waals surface area contributed by atoms with Crippen molar-refractivity contribution in [1.82, 2.24) is 10.2 Å². The molecule has 0 aromatic heterocycles. The summed E-state index contributed by atoms with van der Waals surface area (Å²) in [5, 5.41) is 3.44. The van der Waals surface area contributed by atoms with E-state index in [1.54, 1.807) is 61.5 Å². The number of rotatable bonds is 12. The van der Waals surface area contributed by atoms with E-state index < -0.39 is 28.5 Å². The number of halogens is 1. The number of carbonyl (C=O) groups excluding carboxylic acids is 2. The lowest BCUT2D eigenvalue weighted by molar-refractivity contribution is -0.139. The van der Waals surface area contributed by atoms with Gasteiger partial charge in [0.15, 0.2) is 0 Å². The van der Waals surface area contributed by atoms with Crippen LogP contribution in [0.1, 0.15) is 38.8 Å². The van der Waals surface area contributed by atoms with Gasteiger partial charge in [-0.2, -0.15) is 0 Å². The molecular formula is C30H36ClN3O4S. The highest BCUT2D eigenvalue weighted by Crippen LogP contribution is 2.28. The van der Waals surface area contributed by atoms with Gasteiger partial charge in [-0.15, -0.1) is 0 Å². The Labute approximate surface area is 236 Å². The minimum Gasteiger partial charge on any atom is -0.354 e. The van der Waals surface area contributed by atoms with Crippen LogP contribution >= 0.6 is 11.6 Å². The van der Waals surface area contributed by atoms with E-state index in [0.717, 1.165) is 15.4 Å². The number of hydrogen-bond donors (Lipinski definition) is 1. The van der Waals surface area contributed by atoms with Gasteiger partial charge in [0.1, 0.15) is 12.6 Å². The molecule has 0 bridgehead atoms. The van der Waals surface area contributed by atoms with E-state index in [2.05, 4.69) is 5.32 Å². The van der Waals surface area contributed by atoms with Crippen molar-refractivity contribution >= 4 is 39.1 Å². The molecule has 2 amide bonds. The summed E-state index contributed by atoms with van der Waals surface area (Å²) < 4.78 is 28.9. The number of para-hydroxylation sites is 1. The maximum absolute atomic E-state index is 14.0. The van der Waals surface area contributed by atoms with Crippen molar-refractivity contribution in [3.8, 4) is 0 Å². The first kappa shape index (κ1) is 30.2. The van der Waals surface area contributed by atoms with Crippen LogP contribution in [0.25, 0.3) is 0 Å². The molecule has 0 radical (unpaired) electrons. The van der Waals surface area contributed by atoms with E-state index >= 15 is 0 Å². The fourth-order valence-electron chi connectivity index (χ4n) is 4.11. The lowest BCUT2D eigenvalue weighted by atomic mass is 10.1. The van der Waals surface area contributed by atoms with Crippen LogP contribution in [0, 0.1) is 5.92 Å². The normalized spacial score (nSPS) is 12.2. The van der Waals surface area contributed by atoms with Crippen molar-refractivity contribution in [3.05, 3.63) is 95.0 Å². The van der Waals surface area contributed by atoms with E-state index in [4.69, 9.17) is 11.6 Å². The third kappa shape index (κ3) is 7.83. The summed E-state index contributed by atoms with van der Waals surface area (Å²) >= 11 is 6.05. The van der Waals surface area contributed by atoms with Crippen molar-refractivity contribution in [3.63, 3.8) is 0 Å². The molecule has 0 saturated heterocycles. The Balaban J connectivity index is 2.03. The molecule has 1 N–H and O–H groups in total. The Morgan fingerprint density at radius 3 is 2.13 bits per heavy atom. The second-order valence-electron chi connectivity index (χ2n) is 9.77. The van der Waals surface area contributed by atoms with Crippen LogP contribution < -0.4 is 9.62 Å². The largest absolute Gasteiger partial charge is 0.354 e. The first-order valence-corrected chi connectivity index (χ1v) is 14.8. The molecule has 0 fully saturated rings. The first-order chi connectivity index (χ1) is 18.5. The van der Waals surface area contributed by atoms with Crippen molar-refractivity contribution in [1.29, 1.82) is 0 Å². The number of amides is 2. The van der Waals surface area contributed by atoms with Gasteiger partial charge in [0.2, 0.25) is 11.8 Å². The summed E-state index contributed by atoms with van der Waals surface area (Å²) in [5.74, 6) is -0.571. The summed E-state index contributed by atoms with van der Waals surface area (Å²) in [6.45, 7) is 7.66. The third-order valence-electron chi connectivity index (χ3n) is 6.37. The average Bonchev–Trinajstić information content (AvgIpc) is 2.94. The lowest BCUT2D eigenvalue weighted by Crippen LogP contribution is -2.51. The van der Waals surface area contributed by atoms with Gasteiger partial charge in [-0.05, 0) is 60.7 Å². The third-order valence-corrected chi connectivity index (χ3v) is 8.40. The van der Waals surface area contributed by atoms with Crippen LogP contribution in [-0.2, 0) is 32.6 Å². The SMILES string of the molecule is CCc1ccccc1N(CC(=O)N(Cc1ccc(Cl)cc1)[C@@H](C)C(=O)NCC(C)C)S(=O)(=O)c1ccccc1. The Kier molecular flexibility index (Phi) is 10.5. The average molecular weight is 570 g/mol. The molecule has 3 aromatic carbocycles. The molecule has 0 spiro atoms. The first-order valence-electron chi connectivity index (χ1n) is 13.0. The van der Waals surface area contributed by atoms with Crippen LogP contribution in [0.4, 0.5) is 5.69 Å². The second kappa shape index (κ2) is 13.6. The van der Waals surface area contributed by atoms with Gasteiger partial charge in [0.05, 0.1) is 10.6 Å². The topological polar surface area (TPSA) is 86.8 Å². The molecule has 0 saturated carbocycles. The number of nitrogens with one attached hydrogen (secondary N) is 1. The Hall–Kier alpha value is -3.36. The Morgan fingerprint density at radius 1 is 0.897 bits per heavy atom. The van der Waals surface area contributed by atoms with Crippen LogP contribution in [0.3, 0.4) is 0 Å². The number of anilines is 1. The molecule has 39 heavy (non-hydrogen) atoms. The quantitative estimate of drug-likeness (QED) is 0.321. The summed E-state index contributed by atoms with van der Waals surface area (Å²) in [6, 6.07) is 21.3. The minimum absolute atomic E-state index is 0.0793. The summed E-state index contributed by atoms with van der Waals surface area (Å²) in [6.07, 6.45) is 0.577. The zero-order valence-electron chi connectivity index (χ0n) is 22.8. The van der Waals surface area contributed by atoms with Crippen molar-refractivity contribution in [2.45, 2.75) is 51.6 Å². The summed E-state index contributed by atoms with van der Waals surface area (Å²) in [4.78, 5) is 28.5. The molecule has 3 aromatic rings. The molecule has 0 aliphatic heterocycles. The number of benzene rings is 3. The molecular weight excluding hydrogens is 534 g/mol. The molecule has 0 aliphatic carbocycles. The van der Waals surface area contributed by atoms with Crippen LogP contribution in [0.2, 0.25) is 5.02 Å². The molecule has 7 nitrogen and oxygen atoms in total. The fourth-order valence-corrected chi connectivity index (χ4v) is 5.71. The van der Waals surface area contributed by atoms with E-state index in [1.807, 2.05) is 32.9 Å². The fraction of sp³-hybridized carbons (Fsp3) is 0.333. The Morgan fingerprint density at radius 2 is 1.51 bits per heavy atom. The van der Waals surface area contributed by atoms with Crippen LogP contribution in [0.5, 0.6) is 0 Å². The van der Waals surface area contributed by atoms with E-state index in [1.165, 1.54) is 17.0 Å². The zero-order valence-corrected chi connectivity index (χ0v) is 24.4. The molecule has 1 atom stereocenters. The lowest BCUT2D eigenvalue weighted by Gasteiger charge is -2.32. The maximum Gasteiger partial charge on any atom is 0.264 e. The van der Waals surface area contributed by atoms with Gasteiger partial charge in [0, 0.05) is 18.1 Å². The van der Waals surface area contributed by atoms with Gasteiger partial charge < -0.3 is 10.2 Å². The summed E-state index contributed by atoms with van der Waals surface area (Å²) in [7, 11) is -4.09. The van der Waals surface area contributed by atoms with Gasteiger partial charge in [-0.25, -0.2) is 8.42 Å². The highest BCUT2D eigenvalue weighted by Gasteiger charge is 2.33. The second-order valence-corrected chi connectivity index (χ2v) is 12.1. The van der Waals surface area contributed by atoms with E-state index in [9.17, 15) is 18.0 Å². The van der Waals surface area contributed by atoms with Crippen molar-refractivity contribution in [2.24, 2.45) is 5.92 Å². The van der Waals surface area contributed by atoms with Gasteiger partial charge in [-0.1, -0.05) is 80.9 Å². The summed E-state index contributed by atoms with van der Waals surface area (Å²) in [5.41, 5.74) is 1.99. The van der Waals surface area contributed by atoms with Crippen molar-refractivity contribution < 1.29 is 18.0 Å². The van der Waals surface area contributed by atoms with E-state index in [-0.39, 0.29) is 23.3 Å². The maximum atomic E-state index is 14.0. The number of carbonyl (C=O) groups is 2. The van der Waals surface area contributed by atoms with E-state index in [0.29, 0.717) is 23.7 Å². The minimum atomic E-state index is -4.09. The van der Waals surface area contributed by atoms with Crippen LogP contribution in [0.15, 0.2) is 83.8 Å². The predicted octanol–water partition coefficient (Wildman–Crippen LogP) is 5.29. The number of sulfonamides is 1. The predicted molar refractivity (Wildman–Crippen MR) is 156 cm³/mol. The van der Waals surface area contributed by atoms with Gasteiger partial charge in [-0.3, -0.25) is 13.9 Å². The smallest absolute Gasteiger partial charge is 0.264 e. The molecule has 3 rings (SSSR count). The Bertz CT molecular complexity index is 1360. The zero-order chi connectivity index (χ0) is 28.6. The van der Waals surface area contributed by atoms with Crippen LogP contribution in [-0.4, -0.2) is 44.3 Å². The number of hydrogen-bond acceptors (Lipinski definition) is 4. The highest BCUT2D eigenvalue weighted by atomic mass is 35.5. The number of nitrogens with zero attached hydrogens (tertiary/aromatic N) is 2. The molecule has 0 unspecified atom stereocenters. The van der Waals surface area contributed by atoms with Gasteiger partial charge in [0.25, 0.3) is 10.0 Å². The van der Waals surface area contributed by atoms with Gasteiger partial charge >= 0.3 is 0 Å².